The van der Waals surface area contributed by atoms with E-state index in [-0.39, 0.29) is 23.4 Å². The van der Waals surface area contributed by atoms with Crippen molar-refractivity contribution in [2.24, 2.45) is 10.8 Å². The van der Waals surface area contributed by atoms with Gasteiger partial charge in [0.2, 0.25) is 0 Å². The normalized spacial score (nSPS) is 28.3. The zero-order valence-corrected chi connectivity index (χ0v) is 13.1. The van der Waals surface area contributed by atoms with Crippen molar-refractivity contribution in [3.05, 3.63) is 0 Å². The molecule has 6 heteroatoms. The van der Waals surface area contributed by atoms with Crippen LogP contribution in [0.5, 0.6) is 0 Å². The van der Waals surface area contributed by atoms with E-state index in [1.165, 1.54) is 0 Å². The van der Waals surface area contributed by atoms with Gasteiger partial charge in [-0.05, 0) is 10.8 Å². The van der Waals surface area contributed by atoms with Gasteiger partial charge in [0, 0.05) is 18.6 Å². The molecule has 0 aromatic carbocycles. The molecule has 3 N–H and O–H groups in total. The van der Waals surface area contributed by atoms with Crippen LogP contribution in [0, 0.1) is 10.8 Å². The molecule has 0 aliphatic carbocycles. The second kappa shape index (κ2) is 5.24. The number of nitrogens with zero attached hydrogens (tertiary/aromatic N) is 1. The standard InChI is InChI=1S/C14H26N2O4/c1-13(2,3)8-7-16(12(19)20)9(11(17)18)10(15-8)14(4,5)6/h8-10,15H,7H2,1-6H3,(H,17,18)(H,19,20). The smallest absolute Gasteiger partial charge is 0.408 e. The summed E-state index contributed by atoms with van der Waals surface area (Å²) in [6.07, 6.45) is -1.18. The fraction of sp³-hybridized carbons (Fsp3) is 0.857. The molecule has 1 rings (SSSR count). The summed E-state index contributed by atoms with van der Waals surface area (Å²) >= 11 is 0. The summed E-state index contributed by atoms with van der Waals surface area (Å²) in [7, 11) is 0. The molecule has 1 amide bonds. The molecule has 3 unspecified atom stereocenters. The molecule has 0 spiro atoms. The quantitative estimate of drug-likeness (QED) is 0.684. The first-order valence-electron chi connectivity index (χ1n) is 6.84. The van der Waals surface area contributed by atoms with Crippen LogP contribution in [0.3, 0.4) is 0 Å². The number of aliphatic carboxylic acids is 1. The molecule has 0 saturated carbocycles. The third kappa shape index (κ3) is 3.42. The van der Waals surface area contributed by atoms with Gasteiger partial charge in [-0.3, -0.25) is 4.90 Å². The number of hydrogen-bond acceptors (Lipinski definition) is 3. The zero-order valence-electron chi connectivity index (χ0n) is 13.1. The highest BCUT2D eigenvalue weighted by molar-refractivity contribution is 5.80. The molecule has 6 nitrogen and oxygen atoms in total. The molecule has 116 valence electrons. The molecular weight excluding hydrogens is 260 g/mol. The van der Waals surface area contributed by atoms with Crippen molar-refractivity contribution in [1.82, 2.24) is 10.2 Å². The van der Waals surface area contributed by atoms with Gasteiger partial charge in [0.1, 0.15) is 6.04 Å². The van der Waals surface area contributed by atoms with Gasteiger partial charge in [-0.2, -0.15) is 0 Å². The Balaban J connectivity index is 3.22. The minimum absolute atomic E-state index is 0.0848. The van der Waals surface area contributed by atoms with Gasteiger partial charge in [-0.25, -0.2) is 9.59 Å². The first-order valence-corrected chi connectivity index (χ1v) is 6.84. The average Bonchev–Trinajstić information content (AvgIpc) is 2.24. The lowest BCUT2D eigenvalue weighted by molar-refractivity contribution is -0.147. The lowest BCUT2D eigenvalue weighted by atomic mass is 9.76. The Hall–Kier alpha value is -1.30. The Labute approximate surface area is 120 Å². The lowest BCUT2D eigenvalue weighted by Gasteiger charge is -2.50. The molecule has 1 saturated heterocycles. The van der Waals surface area contributed by atoms with Crippen molar-refractivity contribution < 1.29 is 19.8 Å². The van der Waals surface area contributed by atoms with Crippen LogP contribution in [0.1, 0.15) is 41.5 Å². The van der Waals surface area contributed by atoms with Crippen LogP contribution in [-0.4, -0.2) is 51.8 Å². The highest BCUT2D eigenvalue weighted by Gasteiger charge is 2.49. The molecule has 1 fully saturated rings. The summed E-state index contributed by atoms with van der Waals surface area (Å²) in [5, 5.41) is 22.2. The Kier molecular flexibility index (Phi) is 4.39. The van der Waals surface area contributed by atoms with E-state index >= 15 is 0 Å². The summed E-state index contributed by atoms with van der Waals surface area (Å²) in [5.74, 6) is -1.10. The second-order valence-electron chi connectivity index (χ2n) is 7.65. The molecule has 3 atom stereocenters. The minimum atomic E-state index is -1.18. The van der Waals surface area contributed by atoms with Crippen LogP contribution < -0.4 is 5.32 Å². The predicted molar refractivity (Wildman–Crippen MR) is 75.8 cm³/mol. The maximum absolute atomic E-state index is 11.5. The Morgan fingerprint density at radius 1 is 1.05 bits per heavy atom. The number of carboxylic acid groups (broad SMARTS) is 2. The summed E-state index contributed by atoms with van der Waals surface area (Å²) in [5.41, 5.74) is -0.513. The summed E-state index contributed by atoms with van der Waals surface area (Å²) in [6.45, 7) is 12.0. The third-order valence-electron chi connectivity index (χ3n) is 3.89. The average molecular weight is 286 g/mol. The van der Waals surface area contributed by atoms with Crippen LogP contribution in [-0.2, 0) is 4.79 Å². The maximum atomic E-state index is 11.5. The van der Waals surface area contributed by atoms with Gasteiger partial charge in [0.15, 0.2) is 0 Å². The number of nitrogens with one attached hydrogen (secondary N) is 1. The number of carboxylic acids is 1. The molecule has 0 aromatic heterocycles. The molecule has 1 aliphatic rings. The Morgan fingerprint density at radius 3 is 1.85 bits per heavy atom. The van der Waals surface area contributed by atoms with Gasteiger partial charge in [0.05, 0.1) is 0 Å². The van der Waals surface area contributed by atoms with Crippen LogP contribution >= 0.6 is 0 Å². The number of rotatable bonds is 1. The first-order chi connectivity index (χ1) is 8.85. The topological polar surface area (TPSA) is 89.9 Å². The minimum Gasteiger partial charge on any atom is -0.480 e. The van der Waals surface area contributed by atoms with E-state index in [2.05, 4.69) is 5.32 Å². The second-order valence-corrected chi connectivity index (χ2v) is 7.65. The van der Waals surface area contributed by atoms with Gasteiger partial charge in [-0.15, -0.1) is 0 Å². The van der Waals surface area contributed by atoms with E-state index in [9.17, 15) is 19.8 Å². The van der Waals surface area contributed by atoms with Gasteiger partial charge in [-0.1, -0.05) is 41.5 Å². The Bertz CT molecular complexity index is 395. The highest BCUT2D eigenvalue weighted by Crippen LogP contribution is 2.32. The molecule has 0 bridgehead atoms. The van der Waals surface area contributed by atoms with Gasteiger partial charge >= 0.3 is 12.1 Å². The lowest BCUT2D eigenvalue weighted by Crippen LogP contribution is -2.71. The van der Waals surface area contributed by atoms with Crippen LogP contribution in [0.15, 0.2) is 0 Å². The molecule has 1 aliphatic heterocycles. The molecule has 0 aromatic rings. The van der Waals surface area contributed by atoms with Crippen LogP contribution in [0.2, 0.25) is 0 Å². The monoisotopic (exact) mass is 286 g/mol. The number of carbonyl (C=O) groups is 2. The largest absolute Gasteiger partial charge is 0.480 e. The number of hydrogen-bond donors (Lipinski definition) is 3. The van der Waals surface area contributed by atoms with Gasteiger partial charge < -0.3 is 15.5 Å². The molecular formula is C14H26N2O4. The third-order valence-corrected chi connectivity index (χ3v) is 3.89. The van der Waals surface area contributed by atoms with Gasteiger partial charge in [0.25, 0.3) is 0 Å². The van der Waals surface area contributed by atoms with E-state index in [0.717, 1.165) is 4.90 Å². The van der Waals surface area contributed by atoms with E-state index < -0.39 is 24.1 Å². The van der Waals surface area contributed by atoms with E-state index in [1.54, 1.807) is 0 Å². The first kappa shape index (κ1) is 16.8. The summed E-state index contributed by atoms with van der Waals surface area (Å²) in [4.78, 5) is 24.0. The van der Waals surface area contributed by atoms with Crippen molar-refractivity contribution in [2.45, 2.75) is 59.7 Å². The fourth-order valence-corrected chi connectivity index (χ4v) is 2.57. The van der Waals surface area contributed by atoms with Crippen molar-refractivity contribution >= 4 is 12.1 Å². The van der Waals surface area contributed by atoms with E-state index in [0.29, 0.717) is 0 Å². The SMILES string of the molecule is CC(C)(C)C1CN(C(=O)O)C(C(=O)O)C(C(C)(C)C)N1. The number of piperazine rings is 1. The Morgan fingerprint density at radius 2 is 1.55 bits per heavy atom. The zero-order chi connectivity index (χ0) is 15.9. The summed E-state index contributed by atoms with van der Waals surface area (Å²) in [6, 6.07) is -1.58. The van der Waals surface area contributed by atoms with E-state index in [1.807, 2.05) is 41.5 Å². The molecule has 0 radical (unpaired) electrons. The van der Waals surface area contributed by atoms with Crippen LogP contribution in [0.4, 0.5) is 4.79 Å². The van der Waals surface area contributed by atoms with Crippen molar-refractivity contribution in [1.29, 1.82) is 0 Å². The predicted octanol–water partition coefficient (Wildman–Crippen LogP) is 1.85. The van der Waals surface area contributed by atoms with Crippen molar-refractivity contribution in [3.8, 4) is 0 Å². The highest BCUT2D eigenvalue weighted by atomic mass is 16.4. The maximum Gasteiger partial charge on any atom is 0.408 e. The summed E-state index contributed by atoms with van der Waals surface area (Å²) < 4.78 is 0. The molecule has 1 heterocycles. The fourth-order valence-electron chi connectivity index (χ4n) is 2.57. The molecule has 20 heavy (non-hydrogen) atoms. The van der Waals surface area contributed by atoms with E-state index in [4.69, 9.17) is 0 Å². The van der Waals surface area contributed by atoms with Crippen molar-refractivity contribution in [3.63, 3.8) is 0 Å². The number of amides is 1. The van der Waals surface area contributed by atoms with Crippen LogP contribution in [0.25, 0.3) is 0 Å². The van der Waals surface area contributed by atoms with Crippen molar-refractivity contribution in [2.75, 3.05) is 6.54 Å².